The molecule has 20 heavy (non-hydrogen) atoms. The normalized spacial score (nSPS) is 11.1. The minimum absolute atomic E-state index is 0.588. The fourth-order valence-electron chi connectivity index (χ4n) is 1.99. The second-order valence-corrected chi connectivity index (χ2v) is 5.43. The Morgan fingerprint density at radius 1 is 1.25 bits per heavy atom. The van der Waals surface area contributed by atoms with Crippen molar-refractivity contribution in [3.8, 4) is 0 Å². The van der Waals surface area contributed by atoms with Crippen LogP contribution in [-0.4, -0.2) is 25.9 Å². The molecule has 0 atom stereocenters. The van der Waals surface area contributed by atoms with Crippen LogP contribution >= 0.6 is 11.8 Å². The van der Waals surface area contributed by atoms with Crippen LogP contribution in [0, 0.1) is 6.92 Å². The van der Waals surface area contributed by atoms with E-state index < -0.39 is 0 Å². The molecule has 0 amide bonds. The Balaban J connectivity index is 2.01. The number of aromatic nitrogens is 4. The summed E-state index contributed by atoms with van der Waals surface area (Å²) in [6, 6.07) is 5.96. The van der Waals surface area contributed by atoms with Gasteiger partial charge in [-0.2, -0.15) is 0 Å². The summed E-state index contributed by atoms with van der Waals surface area (Å²) in [6.07, 6.45) is 6.41. The lowest BCUT2D eigenvalue weighted by atomic mass is 10.3. The van der Waals surface area contributed by atoms with Crippen LogP contribution in [0.2, 0.25) is 0 Å². The number of nitrogens with two attached hydrogens (primary N) is 1. The van der Waals surface area contributed by atoms with Crippen molar-refractivity contribution in [2.45, 2.75) is 23.5 Å². The first kappa shape index (κ1) is 13.1. The number of pyridine rings is 1. The molecule has 0 aliphatic heterocycles. The third kappa shape index (κ3) is 2.52. The van der Waals surface area contributed by atoms with Crippen LogP contribution in [0.1, 0.15) is 11.3 Å². The maximum atomic E-state index is 5.71. The summed E-state index contributed by atoms with van der Waals surface area (Å²) >= 11 is 1.48. The molecule has 2 N–H and O–H groups in total. The molecule has 0 aromatic carbocycles. The Morgan fingerprint density at radius 3 is 2.80 bits per heavy atom. The van der Waals surface area contributed by atoms with Crippen molar-refractivity contribution >= 4 is 17.4 Å². The quantitative estimate of drug-likeness (QED) is 0.743. The Bertz CT molecular complexity index is 720. The molecule has 0 aliphatic rings. The highest BCUT2D eigenvalue weighted by Gasteiger charge is 2.13. The molecule has 0 fully saturated rings. The molecule has 3 heterocycles. The highest BCUT2D eigenvalue weighted by Crippen LogP contribution is 2.28. The summed E-state index contributed by atoms with van der Waals surface area (Å²) in [7, 11) is 0. The smallest absolute Gasteiger partial charge is 0.193 e. The number of aryl methyl sites for hydroxylation is 1. The molecule has 0 spiro atoms. The molecule has 5 nitrogen and oxygen atoms in total. The zero-order valence-electron chi connectivity index (χ0n) is 11.2. The van der Waals surface area contributed by atoms with E-state index in [-0.39, 0.29) is 0 Å². The average Bonchev–Trinajstić information content (AvgIpc) is 2.80. The number of hydrogen-bond donors (Lipinski definition) is 1. The molecule has 0 bridgehead atoms. The van der Waals surface area contributed by atoms with Crippen molar-refractivity contribution in [3.05, 3.63) is 48.0 Å². The highest BCUT2D eigenvalue weighted by atomic mass is 32.2. The van der Waals surface area contributed by atoms with Crippen molar-refractivity contribution in [1.82, 2.24) is 19.4 Å². The molecule has 3 rings (SSSR count). The zero-order chi connectivity index (χ0) is 13.9. The van der Waals surface area contributed by atoms with Gasteiger partial charge in [0.05, 0.1) is 5.69 Å². The van der Waals surface area contributed by atoms with Crippen molar-refractivity contribution in [3.63, 3.8) is 0 Å². The first-order valence-corrected chi connectivity index (χ1v) is 7.22. The average molecular weight is 285 g/mol. The molecule has 0 radical (unpaired) electrons. The fraction of sp³-hybridized carbons (Fsp3) is 0.214. The van der Waals surface area contributed by atoms with E-state index in [4.69, 9.17) is 5.73 Å². The van der Waals surface area contributed by atoms with E-state index in [0.29, 0.717) is 11.7 Å². The van der Waals surface area contributed by atoms with E-state index in [1.807, 2.05) is 43.7 Å². The van der Waals surface area contributed by atoms with Gasteiger partial charge in [-0.15, -0.1) is 0 Å². The summed E-state index contributed by atoms with van der Waals surface area (Å²) in [5, 5.41) is 1.63. The molecule has 3 aromatic rings. The predicted molar refractivity (Wildman–Crippen MR) is 78.8 cm³/mol. The van der Waals surface area contributed by atoms with E-state index in [0.717, 1.165) is 28.4 Å². The van der Waals surface area contributed by atoms with E-state index in [2.05, 4.69) is 19.4 Å². The van der Waals surface area contributed by atoms with Gasteiger partial charge in [-0.1, -0.05) is 6.07 Å². The van der Waals surface area contributed by atoms with Gasteiger partial charge < -0.3 is 10.1 Å². The van der Waals surface area contributed by atoms with Gasteiger partial charge in [-0.05, 0) is 42.9 Å². The number of fused-ring (bicyclic) bond motifs is 1. The van der Waals surface area contributed by atoms with Crippen LogP contribution < -0.4 is 5.73 Å². The zero-order valence-corrected chi connectivity index (χ0v) is 12.0. The van der Waals surface area contributed by atoms with Gasteiger partial charge in [0.25, 0.3) is 0 Å². The van der Waals surface area contributed by atoms with Crippen molar-refractivity contribution in [2.24, 2.45) is 5.73 Å². The van der Waals surface area contributed by atoms with Crippen LogP contribution in [0.5, 0.6) is 0 Å². The van der Waals surface area contributed by atoms with Gasteiger partial charge >= 0.3 is 0 Å². The Hall–Kier alpha value is -1.92. The lowest BCUT2D eigenvalue weighted by Gasteiger charge is -2.02. The molecular weight excluding hydrogens is 270 g/mol. The minimum atomic E-state index is 0.588. The summed E-state index contributed by atoms with van der Waals surface area (Å²) in [5.41, 5.74) is 8.79. The lowest BCUT2D eigenvalue weighted by Crippen LogP contribution is -2.06. The molecule has 102 valence electrons. The van der Waals surface area contributed by atoms with Crippen molar-refractivity contribution in [1.29, 1.82) is 0 Å². The van der Waals surface area contributed by atoms with Crippen LogP contribution in [-0.2, 0) is 6.42 Å². The molecular formula is C14H15N5S. The van der Waals surface area contributed by atoms with Crippen molar-refractivity contribution in [2.75, 3.05) is 6.54 Å². The lowest BCUT2D eigenvalue weighted by molar-refractivity contribution is 0.872. The third-order valence-corrected chi connectivity index (χ3v) is 3.83. The standard InChI is InChI=1S/C14H15N5S/c1-10-8-16-14(17-9-10)20-13-11(5-6-15)19-7-3-2-4-12(19)18-13/h2-4,7-9H,5-6,15H2,1H3. The Labute approximate surface area is 121 Å². The van der Waals surface area contributed by atoms with Gasteiger partial charge in [0.1, 0.15) is 10.7 Å². The monoisotopic (exact) mass is 285 g/mol. The summed E-state index contributed by atoms with van der Waals surface area (Å²) in [6.45, 7) is 2.56. The topological polar surface area (TPSA) is 69.1 Å². The molecule has 3 aromatic heterocycles. The largest absolute Gasteiger partial charge is 0.330 e. The van der Waals surface area contributed by atoms with Crippen LogP contribution in [0.15, 0.2) is 47.0 Å². The maximum absolute atomic E-state index is 5.71. The van der Waals surface area contributed by atoms with Crippen LogP contribution in [0.3, 0.4) is 0 Å². The first-order valence-electron chi connectivity index (χ1n) is 6.40. The Morgan fingerprint density at radius 2 is 2.05 bits per heavy atom. The summed E-state index contributed by atoms with van der Waals surface area (Å²) < 4.78 is 2.07. The van der Waals surface area contributed by atoms with Crippen LogP contribution in [0.4, 0.5) is 0 Å². The highest BCUT2D eigenvalue weighted by molar-refractivity contribution is 7.99. The second kappa shape index (κ2) is 5.60. The molecule has 0 saturated heterocycles. The Kier molecular flexibility index (Phi) is 3.66. The van der Waals surface area contributed by atoms with Crippen molar-refractivity contribution < 1.29 is 0 Å². The predicted octanol–water partition coefficient (Wildman–Crippen LogP) is 2.09. The fourth-order valence-corrected chi connectivity index (χ4v) is 2.83. The number of imidazole rings is 1. The molecule has 0 unspecified atom stereocenters. The third-order valence-electron chi connectivity index (χ3n) is 2.92. The van der Waals surface area contributed by atoms with Gasteiger partial charge in [0.2, 0.25) is 0 Å². The minimum Gasteiger partial charge on any atom is -0.330 e. The number of nitrogens with zero attached hydrogens (tertiary/aromatic N) is 4. The van der Waals surface area contributed by atoms with E-state index >= 15 is 0 Å². The van der Waals surface area contributed by atoms with E-state index in [1.54, 1.807) is 0 Å². The van der Waals surface area contributed by atoms with Gasteiger partial charge in [-0.25, -0.2) is 15.0 Å². The molecule has 0 saturated carbocycles. The molecule has 6 heteroatoms. The van der Waals surface area contributed by atoms with Crippen LogP contribution in [0.25, 0.3) is 5.65 Å². The summed E-state index contributed by atoms with van der Waals surface area (Å²) in [4.78, 5) is 13.3. The summed E-state index contributed by atoms with van der Waals surface area (Å²) in [5.74, 6) is 0. The number of hydrogen-bond acceptors (Lipinski definition) is 5. The molecule has 0 aliphatic carbocycles. The van der Waals surface area contributed by atoms with Gasteiger partial charge in [0, 0.05) is 25.0 Å². The maximum Gasteiger partial charge on any atom is 0.193 e. The van der Waals surface area contributed by atoms with Gasteiger partial charge in [-0.3, -0.25) is 0 Å². The van der Waals surface area contributed by atoms with E-state index in [9.17, 15) is 0 Å². The van der Waals surface area contributed by atoms with Gasteiger partial charge in [0.15, 0.2) is 5.16 Å². The first-order chi connectivity index (χ1) is 9.78. The van der Waals surface area contributed by atoms with E-state index in [1.165, 1.54) is 11.8 Å². The number of rotatable bonds is 4. The second-order valence-electron chi connectivity index (χ2n) is 4.48. The SMILES string of the molecule is Cc1cnc(Sc2nc3ccccn3c2CCN)nc1.